The number of hydrogen-bond donors (Lipinski definition) is 2. The Hall–Kier alpha value is -1.87. The van der Waals surface area contributed by atoms with E-state index in [1.54, 1.807) is 12.1 Å². The van der Waals surface area contributed by atoms with Gasteiger partial charge in [0.05, 0.1) is 0 Å². The summed E-state index contributed by atoms with van der Waals surface area (Å²) in [7, 11) is -1.97. The topological polar surface area (TPSA) is 117 Å². The van der Waals surface area contributed by atoms with Crippen LogP contribution in [0.1, 0.15) is 33.1 Å². The van der Waals surface area contributed by atoms with Crippen LogP contribution in [0.5, 0.6) is 0 Å². The normalized spacial score (nSPS) is 19.8. The van der Waals surface area contributed by atoms with Crippen LogP contribution < -0.4 is 10.0 Å². The first-order valence-electron chi connectivity index (χ1n) is 8.22. The molecule has 1 aromatic heterocycles. The van der Waals surface area contributed by atoms with Crippen LogP contribution in [0.2, 0.25) is 0 Å². The molecule has 1 aliphatic heterocycles. The molecule has 0 aliphatic carbocycles. The lowest BCUT2D eigenvalue weighted by molar-refractivity contribution is 0.117. The monoisotopic (exact) mass is 370 g/mol. The maximum absolute atomic E-state index is 11.4. The summed E-state index contributed by atoms with van der Waals surface area (Å²) >= 11 is 0. The fourth-order valence-electron chi connectivity index (χ4n) is 3.42. The van der Waals surface area contributed by atoms with E-state index in [9.17, 15) is 18.3 Å². The van der Waals surface area contributed by atoms with Crippen molar-refractivity contribution in [2.75, 3.05) is 25.0 Å². The van der Waals surface area contributed by atoms with Crippen LogP contribution in [0.25, 0.3) is 0 Å². The van der Waals surface area contributed by atoms with Crippen molar-refractivity contribution in [2.45, 2.75) is 43.7 Å². The molecule has 0 spiro atoms. The maximum atomic E-state index is 11.4. The van der Waals surface area contributed by atoms with Gasteiger partial charge in [0.15, 0.2) is 5.03 Å². The fourth-order valence-corrected chi connectivity index (χ4v) is 3.91. The van der Waals surface area contributed by atoms with E-state index in [1.165, 1.54) is 11.0 Å². The van der Waals surface area contributed by atoms with Crippen LogP contribution in [0, 0.1) is 5.92 Å². The maximum Gasteiger partial charge on any atom is 0.407 e. The molecule has 0 radical (unpaired) electrons. The zero-order valence-corrected chi connectivity index (χ0v) is 15.7. The molecular weight excluding hydrogens is 344 g/mol. The van der Waals surface area contributed by atoms with Crippen molar-refractivity contribution in [3.63, 3.8) is 0 Å². The van der Waals surface area contributed by atoms with Gasteiger partial charge in [-0.05, 0) is 51.2 Å². The molecule has 1 aromatic rings. The first-order chi connectivity index (χ1) is 11.5. The van der Waals surface area contributed by atoms with E-state index in [0.29, 0.717) is 24.8 Å². The lowest BCUT2D eigenvalue weighted by atomic mass is 9.93. The number of aromatic nitrogens is 1. The average molecular weight is 370 g/mol. The van der Waals surface area contributed by atoms with E-state index in [4.69, 9.17) is 5.14 Å². The molecule has 2 heterocycles. The summed E-state index contributed by atoms with van der Waals surface area (Å²) in [6.45, 7) is 5.17. The van der Waals surface area contributed by atoms with Crippen molar-refractivity contribution < 1.29 is 18.3 Å². The van der Waals surface area contributed by atoms with Crippen molar-refractivity contribution in [1.82, 2.24) is 9.88 Å². The summed E-state index contributed by atoms with van der Waals surface area (Å²) < 4.78 is 22.8. The van der Waals surface area contributed by atoms with Crippen LogP contribution in [0.3, 0.4) is 0 Å². The van der Waals surface area contributed by atoms with E-state index >= 15 is 0 Å². The predicted molar refractivity (Wildman–Crippen MR) is 95.0 cm³/mol. The lowest BCUT2D eigenvalue weighted by Gasteiger charge is -2.28. The number of amides is 1. The quantitative estimate of drug-likeness (QED) is 0.787. The molecule has 25 heavy (non-hydrogen) atoms. The van der Waals surface area contributed by atoms with Gasteiger partial charge in [-0.2, -0.15) is 0 Å². The second kappa shape index (κ2) is 7.17. The third kappa shape index (κ3) is 4.82. The molecular formula is C16H26N4O4S. The van der Waals surface area contributed by atoms with Crippen molar-refractivity contribution in [3.05, 3.63) is 18.2 Å². The minimum Gasteiger partial charge on any atom is -0.465 e. The predicted octanol–water partition coefficient (Wildman–Crippen LogP) is 1.72. The molecule has 3 N–H and O–H groups in total. The molecule has 1 atom stereocenters. The summed E-state index contributed by atoms with van der Waals surface area (Å²) in [5.41, 5.74) is -0.326. The highest BCUT2D eigenvalue weighted by molar-refractivity contribution is 7.89. The molecule has 1 aliphatic rings. The highest BCUT2D eigenvalue weighted by atomic mass is 32.2. The fraction of sp³-hybridized carbons (Fsp3) is 0.625. The smallest absolute Gasteiger partial charge is 0.407 e. The van der Waals surface area contributed by atoms with Crippen LogP contribution in [0.4, 0.5) is 10.6 Å². The number of likely N-dealkylation sites (tertiary alicyclic amines) is 1. The van der Waals surface area contributed by atoms with Gasteiger partial charge in [-0.15, -0.1) is 0 Å². The zero-order chi connectivity index (χ0) is 18.8. The molecule has 1 fully saturated rings. The van der Waals surface area contributed by atoms with E-state index in [1.807, 2.05) is 25.8 Å². The molecule has 140 valence electrons. The molecule has 0 bridgehead atoms. The summed E-state index contributed by atoms with van der Waals surface area (Å²) in [6.07, 6.45) is 1.76. The third-order valence-electron chi connectivity index (χ3n) is 4.69. The highest BCUT2D eigenvalue weighted by Gasteiger charge is 2.40. The number of rotatable bonds is 6. The SMILES string of the molecule is CN(CCC[C@@H]1CN(C(=O)O)C(C)(C)C1)c1cccc(S(N)(=O)=O)n1. The number of nitrogens with two attached hydrogens (primary N) is 1. The molecule has 0 saturated carbocycles. The number of sulfonamides is 1. The van der Waals surface area contributed by atoms with Gasteiger partial charge in [-0.25, -0.2) is 23.3 Å². The molecule has 2 rings (SSSR count). The first-order valence-corrected chi connectivity index (χ1v) is 9.77. The summed E-state index contributed by atoms with van der Waals surface area (Å²) in [5, 5.41) is 14.2. The minimum atomic E-state index is -3.82. The molecule has 1 amide bonds. The van der Waals surface area contributed by atoms with Crippen molar-refractivity contribution in [1.29, 1.82) is 0 Å². The zero-order valence-electron chi connectivity index (χ0n) is 14.8. The second-order valence-corrected chi connectivity index (χ2v) is 8.73. The number of anilines is 1. The number of carboxylic acid groups (broad SMARTS) is 1. The number of primary sulfonamides is 1. The second-order valence-electron chi connectivity index (χ2n) is 7.22. The van der Waals surface area contributed by atoms with Gasteiger partial charge in [0.1, 0.15) is 5.82 Å². The van der Waals surface area contributed by atoms with Gasteiger partial charge in [0, 0.05) is 25.7 Å². The van der Waals surface area contributed by atoms with Crippen molar-refractivity contribution in [2.24, 2.45) is 11.1 Å². The van der Waals surface area contributed by atoms with Gasteiger partial charge in [-0.3, -0.25) is 0 Å². The van der Waals surface area contributed by atoms with Gasteiger partial charge in [0.2, 0.25) is 0 Å². The Kier molecular flexibility index (Phi) is 5.58. The number of nitrogens with zero attached hydrogens (tertiary/aromatic N) is 3. The summed E-state index contributed by atoms with van der Waals surface area (Å²) in [4.78, 5) is 18.8. The Balaban J connectivity index is 1.89. The molecule has 0 aromatic carbocycles. The molecule has 9 heteroatoms. The van der Waals surface area contributed by atoms with Gasteiger partial charge >= 0.3 is 6.09 Å². The lowest BCUT2D eigenvalue weighted by Crippen LogP contribution is -2.41. The minimum absolute atomic E-state index is 0.147. The number of hydrogen-bond acceptors (Lipinski definition) is 5. The van der Waals surface area contributed by atoms with E-state index < -0.39 is 16.1 Å². The van der Waals surface area contributed by atoms with E-state index in [0.717, 1.165) is 19.3 Å². The van der Waals surface area contributed by atoms with Crippen molar-refractivity contribution in [3.8, 4) is 0 Å². The summed E-state index contributed by atoms with van der Waals surface area (Å²) in [6, 6.07) is 4.72. The number of carbonyl (C=O) groups is 1. The molecule has 1 saturated heterocycles. The molecule has 0 unspecified atom stereocenters. The Morgan fingerprint density at radius 1 is 1.48 bits per heavy atom. The van der Waals surface area contributed by atoms with Crippen LogP contribution in [-0.2, 0) is 10.0 Å². The van der Waals surface area contributed by atoms with Crippen LogP contribution >= 0.6 is 0 Å². The Morgan fingerprint density at radius 3 is 2.72 bits per heavy atom. The van der Waals surface area contributed by atoms with Crippen molar-refractivity contribution >= 4 is 21.9 Å². The highest BCUT2D eigenvalue weighted by Crippen LogP contribution is 2.35. The van der Waals surface area contributed by atoms with Gasteiger partial charge < -0.3 is 14.9 Å². The van der Waals surface area contributed by atoms with E-state index in [-0.39, 0.29) is 10.6 Å². The Labute approximate surface area is 148 Å². The standard InChI is InChI=1S/C16H26N4O4S/c1-16(2)10-12(11-20(16)15(21)22)6-5-9-19(3)13-7-4-8-14(18-13)25(17,23)24/h4,7-8,12H,5-6,9-11H2,1-3H3,(H,21,22)(H2,17,23,24)/t12-/m0/s1. The third-order valence-corrected chi connectivity index (χ3v) is 5.50. The first kappa shape index (κ1) is 19.5. The van der Waals surface area contributed by atoms with Gasteiger partial charge in [0.25, 0.3) is 10.0 Å². The van der Waals surface area contributed by atoms with Crippen LogP contribution in [0.15, 0.2) is 23.2 Å². The largest absolute Gasteiger partial charge is 0.465 e. The van der Waals surface area contributed by atoms with Crippen LogP contribution in [-0.4, -0.2) is 55.2 Å². The Morgan fingerprint density at radius 2 is 2.16 bits per heavy atom. The average Bonchev–Trinajstić information content (AvgIpc) is 2.81. The Bertz CT molecular complexity index is 735. The number of pyridine rings is 1. The molecule has 8 nitrogen and oxygen atoms in total. The van der Waals surface area contributed by atoms with E-state index in [2.05, 4.69) is 4.98 Å². The summed E-state index contributed by atoms with van der Waals surface area (Å²) in [5.74, 6) is 0.883. The van der Waals surface area contributed by atoms with Gasteiger partial charge in [-0.1, -0.05) is 6.07 Å².